The van der Waals surface area contributed by atoms with Crippen molar-refractivity contribution in [2.45, 2.75) is 6.92 Å². The molecule has 9 aromatic rings. The monoisotopic (exact) mass is 782 g/mol. The van der Waals surface area contributed by atoms with Crippen LogP contribution in [0.3, 0.4) is 0 Å². The number of anilines is 8. The molecule has 0 unspecified atom stereocenters. The van der Waals surface area contributed by atoms with E-state index in [9.17, 15) is 0 Å². The first-order valence-corrected chi connectivity index (χ1v) is 22.7. The summed E-state index contributed by atoms with van der Waals surface area (Å²) in [5, 5.41) is 9.54. The Morgan fingerprint density at radius 2 is 1.03 bits per heavy atom. The predicted octanol–water partition coefficient (Wildman–Crippen LogP) is 10.0. The Labute approximate surface area is 354 Å². The van der Waals surface area contributed by atoms with Crippen LogP contribution in [-0.4, -0.2) is 15.4 Å². The highest BCUT2D eigenvalue weighted by Gasteiger charge is 2.47. The Morgan fingerprint density at radius 3 is 1.68 bits per heavy atom. The highest BCUT2D eigenvalue weighted by atomic mass is 28.3. The summed E-state index contributed by atoms with van der Waals surface area (Å²) in [7, 11) is -0.364. The van der Waals surface area contributed by atoms with Crippen LogP contribution in [0.15, 0.2) is 224 Å². The molecule has 9 aromatic carbocycles. The number of rotatable bonds is 7. The second-order valence-electron chi connectivity index (χ2n) is 15.7. The highest BCUT2D eigenvalue weighted by Crippen LogP contribution is 2.42. The minimum absolute atomic E-state index is 1.10. The van der Waals surface area contributed by atoms with Crippen molar-refractivity contribution in [3.63, 3.8) is 0 Å². The van der Waals surface area contributed by atoms with Gasteiger partial charge in [-0.2, -0.15) is 0 Å². The van der Waals surface area contributed by atoms with Crippen molar-refractivity contribution >= 4 is 92.5 Å². The zero-order valence-electron chi connectivity index (χ0n) is 33.3. The smallest absolute Gasteiger partial charge is 0.197 e. The van der Waals surface area contributed by atoms with Crippen LogP contribution in [0.5, 0.6) is 0 Å². The number of hydrogen-bond donors (Lipinski definition) is 1. The lowest BCUT2D eigenvalue weighted by molar-refractivity contribution is 1.26. The van der Waals surface area contributed by atoms with Crippen molar-refractivity contribution in [1.29, 1.82) is 0 Å². The normalized spacial score (nSPS) is 13.1. The minimum atomic E-state index is -2.79. The summed E-state index contributed by atoms with van der Waals surface area (Å²) in [6.45, 7) is 2.23. The van der Waals surface area contributed by atoms with E-state index in [-0.39, 0.29) is 0 Å². The van der Waals surface area contributed by atoms with E-state index in [1.54, 1.807) is 0 Å². The molecule has 60 heavy (non-hydrogen) atoms. The van der Waals surface area contributed by atoms with Gasteiger partial charge in [-0.1, -0.05) is 163 Å². The van der Waals surface area contributed by atoms with Crippen molar-refractivity contribution in [3.05, 3.63) is 230 Å². The molecule has 0 atom stereocenters. The van der Waals surface area contributed by atoms with Crippen LogP contribution >= 0.6 is 0 Å². The molecular formula is C55H41BN3Si. The third-order valence-electron chi connectivity index (χ3n) is 12.2. The summed E-state index contributed by atoms with van der Waals surface area (Å²) in [4.78, 5) is 4.80. The molecule has 0 aliphatic carbocycles. The number of aryl methyl sites for hydroxylation is 1. The lowest BCUT2D eigenvalue weighted by Crippen LogP contribution is -2.76. The molecule has 0 spiro atoms. The second-order valence-corrected chi connectivity index (χ2v) is 19.4. The van der Waals surface area contributed by atoms with Gasteiger partial charge in [-0.15, -0.1) is 0 Å². The fraction of sp³-hybridized carbons (Fsp3) is 0.0182. The molecule has 2 heterocycles. The quantitative estimate of drug-likeness (QED) is 0.163. The number of benzene rings is 9. The van der Waals surface area contributed by atoms with Crippen LogP contribution in [-0.2, 0) is 0 Å². The topological polar surface area (TPSA) is 18.5 Å². The van der Waals surface area contributed by atoms with Gasteiger partial charge in [-0.3, -0.25) is 0 Å². The molecule has 1 radical (unpaired) electrons. The molecule has 2 aliphatic rings. The van der Waals surface area contributed by atoms with Crippen LogP contribution in [0.25, 0.3) is 11.1 Å². The zero-order valence-corrected chi connectivity index (χ0v) is 34.3. The van der Waals surface area contributed by atoms with Crippen LogP contribution in [0.1, 0.15) is 5.56 Å². The van der Waals surface area contributed by atoms with Gasteiger partial charge in [0, 0.05) is 51.1 Å². The zero-order chi connectivity index (χ0) is 40.0. The molecule has 0 amide bonds. The minimum Gasteiger partial charge on any atom is -0.355 e. The predicted molar refractivity (Wildman–Crippen MR) is 258 cm³/mol. The van der Waals surface area contributed by atoms with Crippen LogP contribution in [0.2, 0.25) is 0 Å². The molecule has 2 aliphatic heterocycles. The standard InChI is InChI=1S/C55H41BN3Si/c1-39-36-47(46-30-19-33-53-55(46)57-49-31-17-18-32-52(49)60(53,44-26-13-5-14-27-44)45-28-15-6-16-29-45)54-51(37-39)59(42-24-11-4-12-25-42)50-35-34-43(38-48(50)56-54)58(40-20-7-2-8-21-40)41-22-9-3-10-23-41/h2-38,57H,1H3. The van der Waals surface area contributed by atoms with Crippen molar-refractivity contribution in [2.24, 2.45) is 0 Å². The first kappa shape index (κ1) is 35.8. The van der Waals surface area contributed by atoms with Gasteiger partial charge in [0.1, 0.15) is 0 Å². The van der Waals surface area contributed by atoms with Gasteiger partial charge < -0.3 is 15.1 Å². The van der Waals surface area contributed by atoms with E-state index in [1.807, 2.05) is 0 Å². The fourth-order valence-electron chi connectivity index (χ4n) is 9.67. The maximum atomic E-state index is 4.05. The maximum absolute atomic E-state index is 4.05. The van der Waals surface area contributed by atoms with Gasteiger partial charge >= 0.3 is 0 Å². The highest BCUT2D eigenvalue weighted by molar-refractivity contribution is 7.21. The summed E-state index contributed by atoms with van der Waals surface area (Å²) in [6.07, 6.45) is 0. The van der Waals surface area contributed by atoms with Gasteiger partial charge in [0.15, 0.2) is 15.4 Å². The van der Waals surface area contributed by atoms with E-state index >= 15 is 0 Å². The lowest BCUT2D eigenvalue weighted by atomic mass is 9.58. The summed E-state index contributed by atoms with van der Waals surface area (Å²) in [5.74, 6) is 0. The Morgan fingerprint density at radius 1 is 0.467 bits per heavy atom. The maximum Gasteiger partial charge on any atom is 0.197 e. The third-order valence-corrected chi connectivity index (χ3v) is 17.0. The van der Waals surface area contributed by atoms with Gasteiger partial charge in [0.2, 0.25) is 0 Å². The molecular weight excluding hydrogens is 742 g/mol. The first-order valence-electron chi connectivity index (χ1n) is 20.7. The van der Waals surface area contributed by atoms with Gasteiger partial charge in [0.25, 0.3) is 0 Å². The number of fused-ring (bicyclic) bond motifs is 4. The molecule has 0 aromatic heterocycles. The summed E-state index contributed by atoms with van der Waals surface area (Å²) in [5.41, 5.74) is 15.1. The fourth-order valence-corrected chi connectivity index (χ4v) is 14.7. The Bertz CT molecular complexity index is 2920. The molecule has 0 saturated heterocycles. The number of para-hydroxylation sites is 5. The third kappa shape index (κ3) is 5.81. The molecule has 0 fully saturated rings. The van der Waals surface area contributed by atoms with E-state index in [0.717, 1.165) is 33.9 Å². The second kappa shape index (κ2) is 14.8. The summed E-state index contributed by atoms with van der Waals surface area (Å²) < 4.78 is 0. The molecule has 283 valence electrons. The average molecular weight is 783 g/mol. The van der Waals surface area contributed by atoms with Gasteiger partial charge in [-0.25, -0.2) is 0 Å². The first-order chi connectivity index (χ1) is 29.7. The van der Waals surface area contributed by atoms with E-state index < -0.39 is 8.07 Å². The SMILES string of the molecule is Cc1cc(-c2cccc3c2Nc2ccccc2[Si]3(c2ccccc2)c2ccccc2)c2c(c1)N(c1ccccc1)c1ccc(N(c3ccccc3)c3ccccc3)cc1[B]2. The Balaban J connectivity index is 1.15. The summed E-state index contributed by atoms with van der Waals surface area (Å²) >= 11 is 0. The van der Waals surface area contributed by atoms with Crippen LogP contribution in [0, 0.1) is 6.92 Å². The average Bonchev–Trinajstić information content (AvgIpc) is 3.31. The van der Waals surface area contributed by atoms with E-state index in [4.69, 9.17) is 0 Å². The molecule has 0 saturated carbocycles. The Hall–Kier alpha value is -7.34. The van der Waals surface area contributed by atoms with Crippen molar-refractivity contribution in [1.82, 2.24) is 0 Å². The van der Waals surface area contributed by atoms with Crippen LogP contribution in [0.4, 0.5) is 45.5 Å². The molecule has 11 rings (SSSR count). The van der Waals surface area contributed by atoms with E-state index in [1.165, 1.54) is 60.0 Å². The van der Waals surface area contributed by atoms with Crippen LogP contribution < -0.4 is 46.8 Å². The molecule has 5 heteroatoms. The molecule has 3 nitrogen and oxygen atoms in total. The lowest BCUT2D eigenvalue weighted by Gasteiger charge is -2.41. The summed E-state index contributed by atoms with van der Waals surface area (Å²) in [6, 6.07) is 82.2. The van der Waals surface area contributed by atoms with E-state index in [2.05, 4.69) is 254 Å². The number of nitrogens with one attached hydrogen (secondary N) is 1. The largest absolute Gasteiger partial charge is 0.355 e. The van der Waals surface area contributed by atoms with Crippen molar-refractivity contribution < 1.29 is 0 Å². The van der Waals surface area contributed by atoms with Crippen molar-refractivity contribution in [2.75, 3.05) is 15.1 Å². The van der Waals surface area contributed by atoms with Gasteiger partial charge in [0.05, 0.1) is 0 Å². The van der Waals surface area contributed by atoms with Gasteiger partial charge in [-0.05, 0) is 111 Å². The number of nitrogens with zero attached hydrogens (tertiary/aromatic N) is 2. The molecule has 0 bridgehead atoms. The number of hydrogen-bond acceptors (Lipinski definition) is 3. The molecule has 1 N–H and O–H groups in total. The Kier molecular flexibility index (Phi) is 8.83. The van der Waals surface area contributed by atoms with Crippen molar-refractivity contribution in [3.8, 4) is 11.1 Å². The van der Waals surface area contributed by atoms with E-state index in [0.29, 0.717) is 0 Å².